The molecule has 30 heavy (non-hydrogen) atoms. The number of nitrogens with zero attached hydrogens (tertiary/aromatic N) is 2. The maximum absolute atomic E-state index is 12.9. The molecule has 1 fully saturated rings. The van der Waals surface area contributed by atoms with Gasteiger partial charge in [-0.1, -0.05) is 38.1 Å². The zero-order valence-electron chi connectivity index (χ0n) is 17.2. The maximum Gasteiger partial charge on any atom is 0.258 e. The molecular formula is C23H24N4O3. The lowest BCUT2D eigenvalue weighted by Crippen LogP contribution is -2.15. The SMILES string of the molecule is CC(C)(C)c1noc(-c2ccccc2C(=O)Nc2ccc(NC(=O)C3CC3)cc2)n1. The average molecular weight is 404 g/mol. The smallest absolute Gasteiger partial charge is 0.258 e. The highest BCUT2D eigenvalue weighted by atomic mass is 16.5. The highest BCUT2D eigenvalue weighted by molar-refractivity contribution is 6.08. The van der Waals surface area contributed by atoms with Crippen molar-refractivity contribution in [2.45, 2.75) is 39.0 Å². The molecule has 2 N–H and O–H groups in total. The van der Waals surface area contributed by atoms with Crippen molar-refractivity contribution >= 4 is 23.2 Å². The first-order chi connectivity index (χ1) is 14.3. The van der Waals surface area contributed by atoms with Crippen molar-refractivity contribution in [3.05, 3.63) is 59.9 Å². The predicted molar refractivity (Wildman–Crippen MR) is 114 cm³/mol. The average Bonchev–Trinajstić information content (AvgIpc) is 3.45. The van der Waals surface area contributed by atoms with Crippen molar-refractivity contribution in [3.8, 4) is 11.5 Å². The monoisotopic (exact) mass is 404 g/mol. The van der Waals surface area contributed by atoms with Crippen LogP contribution < -0.4 is 10.6 Å². The summed E-state index contributed by atoms with van der Waals surface area (Å²) < 4.78 is 5.41. The number of hydrogen-bond donors (Lipinski definition) is 2. The normalized spacial score (nSPS) is 13.7. The minimum Gasteiger partial charge on any atom is -0.334 e. The molecule has 0 radical (unpaired) electrons. The fourth-order valence-corrected chi connectivity index (χ4v) is 2.93. The summed E-state index contributed by atoms with van der Waals surface area (Å²) >= 11 is 0. The molecule has 0 saturated heterocycles. The fourth-order valence-electron chi connectivity index (χ4n) is 2.93. The van der Waals surface area contributed by atoms with Crippen molar-refractivity contribution < 1.29 is 14.1 Å². The minimum atomic E-state index is -0.282. The van der Waals surface area contributed by atoms with Gasteiger partial charge in [0.05, 0.1) is 11.1 Å². The second kappa shape index (κ2) is 7.74. The zero-order chi connectivity index (χ0) is 21.3. The molecule has 0 atom stereocenters. The number of benzene rings is 2. The summed E-state index contributed by atoms with van der Waals surface area (Å²) in [5.74, 6) is 0.801. The van der Waals surface area contributed by atoms with E-state index in [0.717, 1.165) is 12.8 Å². The number of rotatable bonds is 5. The van der Waals surface area contributed by atoms with Gasteiger partial charge >= 0.3 is 0 Å². The molecule has 0 unspecified atom stereocenters. The van der Waals surface area contributed by atoms with Gasteiger partial charge in [-0.25, -0.2) is 0 Å². The summed E-state index contributed by atoms with van der Waals surface area (Å²) in [4.78, 5) is 29.2. The number of hydrogen-bond acceptors (Lipinski definition) is 5. The van der Waals surface area contributed by atoms with Gasteiger partial charge in [0.2, 0.25) is 5.91 Å². The van der Waals surface area contributed by atoms with E-state index in [1.807, 2.05) is 26.8 Å². The van der Waals surface area contributed by atoms with Gasteiger partial charge in [-0.2, -0.15) is 4.98 Å². The number of nitrogens with one attached hydrogen (secondary N) is 2. The standard InChI is InChI=1S/C23H24N4O3/c1-23(2,3)22-26-21(30-27-22)18-7-5-4-6-17(18)20(29)25-16-12-10-15(11-13-16)24-19(28)14-8-9-14/h4-7,10-14H,8-9H2,1-3H3,(H,24,28)(H,25,29). The minimum absolute atomic E-state index is 0.0508. The zero-order valence-corrected chi connectivity index (χ0v) is 17.2. The first-order valence-electron chi connectivity index (χ1n) is 9.97. The van der Waals surface area contributed by atoms with Gasteiger partial charge in [0, 0.05) is 22.7 Å². The van der Waals surface area contributed by atoms with E-state index in [0.29, 0.717) is 34.2 Å². The Morgan fingerprint density at radius 3 is 2.20 bits per heavy atom. The molecule has 7 heteroatoms. The molecule has 7 nitrogen and oxygen atoms in total. The van der Waals surface area contributed by atoms with E-state index in [9.17, 15) is 9.59 Å². The largest absolute Gasteiger partial charge is 0.334 e. The molecule has 0 bridgehead atoms. The molecule has 1 aliphatic carbocycles. The third-order valence-electron chi connectivity index (χ3n) is 4.86. The molecule has 1 heterocycles. The van der Waals surface area contributed by atoms with Crippen LogP contribution >= 0.6 is 0 Å². The molecule has 4 rings (SSSR count). The van der Waals surface area contributed by atoms with Gasteiger partial charge in [0.25, 0.3) is 11.8 Å². The third-order valence-corrected chi connectivity index (χ3v) is 4.86. The number of carbonyl (C=O) groups excluding carboxylic acids is 2. The molecule has 154 valence electrons. The Balaban J connectivity index is 1.50. The molecule has 1 aromatic heterocycles. The van der Waals surface area contributed by atoms with Crippen LogP contribution in [-0.2, 0) is 10.2 Å². The van der Waals surface area contributed by atoms with Crippen LogP contribution in [0.1, 0.15) is 49.8 Å². The van der Waals surface area contributed by atoms with E-state index in [-0.39, 0.29) is 23.1 Å². The fraction of sp³-hybridized carbons (Fsp3) is 0.304. The third kappa shape index (κ3) is 4.40. The van der Waals surface area contributed by atoms with Crippen LogP contribution in [0.25, 0.3) is 11.5 Å². The van der Waals surface area contributed by atoms with Crippen molar-refractivity contribution in [1.82, 2.24) is 10.1 Å². The number of carbonyl (C=O) groups is 2. The van der Waals surface area contributed by atoms with Gasteiger partial charge < -0.3 is 15.2 Å². The highest BCUT2D eigenvalue weighted by Gasteiger charge is 2.29. The maximum atomic E-state index is 12.9. The summed E-state index contributed by atoms with van der Waals surface area (Å²) in [5, 5.41) is 9.81. The Labute approximate surface area is 174 Å². The van der Waals surface area contributed by atoms with E-state index in [1.165, 1.54) is 0 Å². The van der Waals surface area contributed by atoms with Crippen LogP contribution in [-0.4, -0.2) is 22.0 Å². The van der Waals surface area contributed by atoms with Crippen LogP contribution in [0.3, 0.4) is 0 Å². The van der Waals surface area contributed by atoms with E-state index in [2.05, 4.69) is 20.8 Å². The topological polar surface area (TPSA) is 97.1 Å². The van der Waals surface area contributed by atoms with Crippen molar-refractivity contribution in [2.75, 3.05) is 10.6 Å². The van der Waals surface area contributed by atoms with E-state index in [4.69, 9.17) is 4.52 Å². The summed E-state index contributed by atoms with van der Waals surface area (Å²) in [7, 11) is 0. The first-order valence-corrected chi connectivity index (χ1v) is 9.97. The van der Waals surface area contributed by atoms with Crippen molar-refractivity contribution in [1.29, 1.82) is 0 Å². The highest BCUT2D eigenvalue weighted by Crippen LogP contribution is 2.30. The number of aromatic nitrogens is 2. The van der Waals surface area contributed by atoms with Gasteiger partial charge in [0.1, 0.15) is 0 Å². The van der Waals surface area contributed by atoms with Crippen LogP contribution in [0.15, 0.2) is 53.1 Å². The molecular weight excluding hydrogens is 380 g/mol. The lowest BCUT2D eigenvalue weighted by Gasteiger charge is -2.11. The van der Waals surface area contributed by atoms with Gasteiger partial charge in [-0.15, -0.1) is 0 Å². The molecule has 3 aromatic rings. The molecule has 2 amide bonds. The number of anilines is 2. The van der Waals surface area contributed by atoms with Gasteiger partial charge in [0.15, 0.2) is 5.82 Å². The van der Waals surface area contributed by atoms with Crippen LogP contribution in [0, 0.1) is 5.92 Å². The summed E-state index contributed by atoms with van der Waals surface area (Å²) in [5.41, 5.74) is 2.10. The Hall–Kier alpha value is -3.48. The molecule has 1 aliphatic rings. The lowest BCUT2D eigenvalue weighted by molar-refractivity contribution is -0.117. The molecule has 1 saturated carbocycles. The second-order valence-electron chi connectivity index (χ2n) is 8.51. The van der Waals surface area contributed by atoms with Gasteiger partial charge in [-0.3, -0.25) is 9.59 Å². The van der Waals surface area contributed by atoms with E-state index in [1.54, 1.807) is 42.5 Å². The van der Waals surface area contributed by atoms with Crippen molar-refractivity contribution in [3.63, 3.8) is 0 Å². The summed E-state index contributed by atoms with van der Waals surface area (Å²) in [6.07, 6.45) is 1.91. The van der Waals surface area contributed by atoms with E-state index >= 15 is 0 Å². The van der Waals surface area contributed by atoms with Crippen molar-refractivity contribution in [2.24, 2.45) is 5.92 Å². The number of amides is 2. The van der Waals surface area contributed by atoms with E-state index < -0.39 is 0 Å². The Kier molecular flexibility index (Phi) is 5.11. The predicted octanol–water partition coefficient (Wildman–Crippen LogP) is 4.63. The summed E-state index contributed by atoms with van der Waals surface area (Å²) in [6.45, 7) is 5.99. The Morgan fingerprint density at radius 2 is 1.60 bits per heavy atom. The second-order valence-corrected chi connectivity index (χ2v) is 8.51. The molecule has 0 aliphatic heterocycles. The van der Waals surface area contributed by atoms with Crippen LogP contribution in [0.4, 0.5) is 11.4 Å². The van der Waals surface area contributed by atoms with Crippen LogP contribution in [0.5, 0.6) is 0 Å². The summed E-state index contributed by atoms with van der Waals surface area (Å²) in [6, 6.07) is 14.2. The Morgan fingerprint density at radius 1 is 0.967 bits per heavy atom. The first kappa shape index (κ1) is 19.8. The lowest BCUT2D eigenvalue weighted by atomic mass is 9.96. The quantitative estimate of drug-likeness (QED) is 0.646. The molecule has 0 spiro atoms. The Bertz CT molecular complexity index is 1080. The molecule has 2 aromatic carbocycles. The van der Waals surface area contributed by atoms with Crippen LogP contribution in [0.2, 0.25) is 0 Å². The van der Waals surface area contributed by atoms with Gasteiger partial charge in [-0.05, 0) is 49.2 Å².